The smallest absolute Gasteiger partial charge is 0.158 e. The van der Waals surface area contributed by atoms with Crippen LogP contribution in [0.1, 0.15) is 5.82 Å². The molecule has 1 aliphatic rings. The van der Waals surface area contributed by atoms with Crippen molar-refractivity contribution in [1.82, 2.24) is 14.9 Å². The normalized spacial score (nSPS) is 19.9. The summed E-state index contributed by atoms with van der Waals surface area (Å²) in [4.78, 5) is 10.8. The quantitative estimate of drug-likeness (QED) is 0.481. The van der Waals surface area contributed by atoms with E-state index < -0.39 is 0 Å². The number of hydrogen-bond donors (Lipinski definition) is 3. The zero-order chi connectivity index (χ0) is 14.4. The second kappa shape index (κ2) is 7.34. The minimum atomic E-state index is 0.156. The summed E-state index contributed by atoms with van der Waals surface area (Å²) in [6.45, 7) is 3.68. The van der Waals surface area contributed by atoms with E-state index in [1.807, 2.05) is 0 Å². The molecule has 4 N–H and O–H groups in total. The first-order valence-electron chi connectivity index (χ1n) is 6.59. The number of aromatic nitrogens is 2. The summed E-state index contributed by atoms with van der Waals surface area (Å²) < 4.78 is 10.7. The molecule has 0 saturated carbocycles. The average Bonchev–Trinajstić information content (AvgIpc) is 2.45. The van der Waals surface area contributed by atoms with Gasteiger partial charge in [-0.1, -0.05) is 0 Å². The van der Waals surface area contributed by atoms with Crippen molar-refractivity contribution < 1.29 is 9.47 Å². The summed E-state index contributed by atoms with van der Waals surface area (Å²) in [6, 6.07) is 1.76. The van der Waals surface area contributed by atoms with Gasteiger partial charge in [0.1, 0.15) is 18.2 Å². The van der Waals surface area contributed by atoms with Crippen LogP contribution in [-0.4, -0.2) is 61.4 Å². The summed E-state index contributed by atoms with van der Waals surface area (Å²) in [5.41, 5.74) is 2.53. The third kappa shape index (κ3) is 4.27. The number of likely N-dealkylation sites (N-methyl/N-ethyl adjacent to an activating group) is 1. The van der Waals surface area contributed by atoms with E-state index in [-0.39, 0.29) is 6.10 Å². The number of nitrogens with one attached hydrogen (secondary N) is 2. The Hall–Kier alpha value is -1.48. The molecule has 8 nitrogen and oxygen atoms in total. The molecule has 1 aromatic rings. The number of hydrazine groups is 1. The Balaban J connectivity index is 1.95. The van der Waals surface area contributed by atoms with Gasteiger partial charge in [-0.25, -0.2) is 15.8 Å². The molecule has 112 valence electrons. The zero-order valence-corrected chi connectivity index (χ0v) is 11.9. The van der Waals surface area contributed by atoms with Crippen molar-refractivity contribution in [2.75, 3.05) is 51.1 Å². The van der Waals surface area contributed by atoms with Crippen LogP contribution in [0.25, 0.3) is 0 Å². The van der Waals surface area contributed by atoms with Crippen LogP contribution in [0, 0.1) is 0 Å². The molecule has 0 amide bonds. The molecule has 2 rings (SSSR count). The monoisotopic (exact) mass is 282 g/mol. The Bertz CT molecular complexity index is 430. The Kier molecular flexibility index (Phi) is 5.48. The second-order valence-corrected chi connectivity index (χ2v) is 4.77. The second-order valence-electron chi connectivity index (χ2n) is 4.77. The molecule has 1 atom stereocenters. The zero-order valence-electron chi connectivity index (χ0n) is 11.9. The van der Waals surface area contributed by atoms with Gasteiger partial charge in [0, 0.05) is 32.8 Å². The first-order valence-corrected chi connectivity index (χ1v) is 6.59. The first-order chi connectivity index (χ1) is 9.71. The van der Waals surface area contributed by atoms with E-state index in [0.717, 1.165) is 19.7 Å². The summed E-state index contributed by atoms with van der Waals surface area (Å²) in [7, 11) is 3.69. The fourth-order valence-electron chi connectivity index (χ4n) is 2.06. The fraction of sp³-hybridized carbons (Fsp3) is 0.667. The van der Waals surface area contributed by atoms with Gasteiger partial charge in [-0.15, -0.1) is 0 Å². The van der Waals surface area contributed by atoms with E-state index in [2.05, 4.69) is 32.7 Å². The molecular formula is C12H22N6O2. The average molecular weight is 282 g/mol. The fourth-order valence-corrected chi connectivity index (χ4v) is 2.06. The highest BCUT2D eigenvalue weighted by Crippen LogP contribution is 2.12. The molecule has 2 heterocycles. The number of nitrogens with zero attached hydrogens (tertiary/aromatic N) is 3. The topological polar surface area (TPSA) is 97.6 Å². The minimum Gasteiger partial charge on any atom is -0.377 e. The molecule has 8 heteroatoms. The van der Waals surface area contributed by atoms with Crippen LogP contribution < -0.4 is 16.6 Å². The number of anilines is 2. The van der Waals surface area contributed by atoms with Crippen molar-refractivity contribution in [3.63, 3.8) is 0 Å². The highest BCUT2D eigenvalue weighted by Gasteiger charge is 2.17. The van der Waals surface area contributed by atoms with Crippen LogP contribution in [0.15, 0.2) is 6.07 Å². The first kappa shape index (κ1) is 14.9. The van der Waals surface area contributed by atoms with Crippen LogP contribution >= 0.6 is 0 Å². The maximum atomic E-state index is 5.69. The Morgan fingerprint density at radius 3 is 3.00 bits per heavy atom. The molecule has 1 aliphatic heterocycles. The number of morpholine rings is 1. The molecule has 0 aliphatic carbocycles. The molecule has 20 heavy (non-hydrogen) atoms. The van der Waals surface area contributed by atoms with Crippen molar-refractivity contribution >= 4 is 11.6 Å². The van der Waals surface area contributed by atoms with Gasteiger partial charge in [-0.3, -0.25) is 0 Å². The van der Waals surface area contributed by atoms with Gasteiger partial charge >= 0.3 is 0 Å². The maximum Gasteiger partial charge on any atom is 0.158 e. The number of methoxy groups -OCH3 is 1. The molecule has 1 fully saturated rings. The predicted octanol–water partition coefficient (Wildman–Crippen LogP) is -0.349. The number of rotatable bonds is 6. The number of nitrogen functional groups attached to an aromatic ring is 1. The molecular weight excluding hydrogens is 260 g/mol. The van der Waals surface area contributed by atoms with Crippen LogP contribution in [0.3, 0.4) is 0 Å². The summed E-state index contributed by atoms with van der Waals surface area (Å²) in [6.07, 6.45) is 0.156. The van der Waals surface area contributed by atoms with Gasteiger partial charge < -0.3 is 25.1 Å². The maximum absolute atomic E-state index is 5.69. The lowest BCUT2D eigenvalue weighted by molar-refractivity contribution is -0.0117. The number of hydrogen-bond acceptors (Lipinski definition) is 8. The molecule has 1 saturated heterocycles. The largest absolute Gasteiger partial charge is 0.377 e. The van der Waals surface area contributed by atoms with E-state index in [1.165, 1.54) is 0 Å². The minimum absolute atomic E-state index is 0.156. The van der Waals surface area contributed by atoms with E-state index in [4.69, 9.17) is 15.3 Å². The van der Waals surface area contributed by atoms with Crippen LogP contribution in [-0.2, 0) is 16.1 Å². The lowest BCUT2D eigenvalue weighted by atomic mass is 10.3. The summed E-state index contributed by atoms with van der Waals surface area (Å²) >= 11 is 0. The SMILES string of the molecule is COCc1nc(NN)cc(NCC2CN(C)CCO2)n1. The van der Waals surface area contributed by atoms with Crippen LogP contribution in [0.4, 0.5) is 11.6 Å². The van der Waals surface area contributed by atoms with Gasteiger partial charge in [0.05, 0.1) is 12.7 Å². The van der Waals surface area contributed by atoms with Crippen molar-refractivity contribution in [2.24, 2.45) is 5.84 Å². The molecule has 0 radical (unpaired) electrons. The third-order valence-corrected chi connectivity index (χ3v) is 3.05. The molecule has 0 aromatic carbocycles. The van der Waals surface area contributed by atoms with Crippen LogP contribution in [0.2, 0.25) is 0 Å². The molecule has 0 spiro atoms. The van der Waals surface area contributed by atoms with E-state index in [0.29, 0.717) is 30.6 Å². The summed E-state index contributed by atoms with van der Waals surface area (Å²) in [5, 5.41) is 3.25. The standard InChI is InChI=1S/C12H22N6O2/c1-18-3-4-20-9(7-18)6-14-10-5-11(17-13)16-12(15-10)8-19-2/h5,9H,3-4,6-8,13H2,1-2H3,(H2,14,15,16,17). The molecule has 1 aromatic heterocycles. The lowest BCUT2D eigenvalue weighted by Gasteiger charge is -2.30. The van der Waals surface area contributed by atoms with E-state index in [9.17, 15) is 0 Å². The lowest BCUT2D eigenvalue weighted by Crippen LogP contribution is -2.43. The highest BCUT2D eigenvalue weighted by atomic mass is 16.5. The van der Waals surface area contributed by atoms with Gasteiger partial charge in [-0.2, -0.15) is 0 Å². The van der Waals surface area contributed by atoms with E-state index >= 15 is 0 Å². The molecule has 0 bridgehead atoms. The Morgan fingerprint density at radius 2 is 2.30 bits per heavy atom. The van der Waals surface area contributed by atoms with Gasteiger partial charge in [0.2, 0.25) is 0 Å². The Labute approximate surface area is 118 Å². The van der Waals surface area contributed by atoms with Crippen LogP contribution in [0.5, 0.6) is 0 Å². The number of nitrogens with two attached hydrogens (primary N) is 1. The third-order valence-electron chi connectivity index (χ3n) is 3.05. The summed E-state index contributed by atoms with van der Waals surface area (Å²) in [5.74, 6) is 7.23. The number of ether oxygens (including phenoxy) is 2. The highest BCUT2D eigenvalue weighted by molar-refractivity contribution is 5.46. The van der Waals surface area contributed by atoms with E-state index in [1.54, 1.807) is 13.2 Å². The predicted molar refractivity (Wildman–Crippen MR) is 76.3 cm³/mol. The van der Waals surface area contributed by atoms with Crippen molar-refractivity contribution in [2.45, 2.75) is 12.7 Å². The Morgan fingerprint density at radius 1 is 1.50 bits per heavy atom. The van der Waals surface area contributed by atoms with Crippen molar-refractivity contribution in [1.29, 1.82) is 0 Å². The van der Waals surface area contributed by atoms with Gasteiger partial charge in [-0.05, 0) is 7.05 Å². The molecule has 1 unspecified atom stereocenters. The van der Waals surface area contributed by atoms with Crippen molar-refractivity contribution in [3.8, 4) is 0 Å². The van der Waals surface area contributed by atoms with Crippen molar-refractivity contribution in [3.05, 3.63) is 11.9 Å². The van der Waals surface area contributed by atoms with Gasteiger partial charge in [0.15, 0.2) is 5.82 Å². The van der Waals surface area contributed by atoms with Gasteiger partial charge in [0.25, 0.3) is 0 Å².